The lowest BCUT2D eigenvalue weighted by Gasteiger charge is -2.37. The molecule has 2 aromatic rings. The van der Waals surface area contributed by atoms with Crippen molar-refractivity contribution in [3.8, 4) is 0 Å². The number of rotatable bonds is 1. The Balaban J connectivity index is 2.01. The Labute approximate surface area is 117 Å². The summed E-state index contributed by atoms with van der Waals surface area (Å²) in [4.78, 5) is 6.86. The van der Waals surface area contributed by atoms with Gasteiger partial charge in [0.25, 0.3) is 0 Å². The standard InChI is InChI=1S/C14H19N3OS/c1-8-6-17(7-9(2)18-8)13-5-12-14(4-11(13)15)19-10(3)16-12/h4-5,8-9H,6-7,15H2,1-3H3. The first-order valence-electron chi connectivity index (χ1n) is 6.60. The molecular weight excluding hydrogens is 258 g/mol. The summed E-state index contributed by atoms with van der Waals surface area (Å²) in [5, 5.41) is 1.08. The van der Waals surface area contributed by atoms with Gasteiger partial charge in [0.15, 0.2) is 0 Å². The topological polar surface area (TPSA) is 51.4 Å². The highest BCUT2D eigenvalue weighted by molar-refractivity contribution is 7.18. The summed E-state index contributed by atoms with van der Waals surface area (Å²) in [5.74, 6) is 0. The largest absolute Gasteiger partial charge is 0.397 e. The summed E-state index contributed by atoms with van der Waals surface area (Å²) in [6, 6.07) is 4.15. The number of nitrogens with zero attached hydrogens (tertiary/aromatic N) is 2. The summed E-state index contributed by atoms with van der Waals surface area (Å²) in [6.45, 7) is 7.99. The molecule has 2 heterocycles. The maximum absolute atomic E-state index is 6.21. The van der Waals surface area contributed by atoms with Crippen molar-refractivity contribution in [3.63, 3.8) is 0 Å². The zero-order valence-electron chi connectivity index (χ0n) is 11.5. The highest BCUT2D eigenvalue weighted by Crippen LogP contribution is 2.33. The number of aryl methyl sites for hydroxylation is 1. The minimum Gasteiger partial charge on any atom is -0.397 e. The van der Waals surface area contributed by atoms with Crippen molar-refractivity contribution in [1.82, 2.24) is 4.98 Å². The van der Waals surface area contributed by atoms with Gasteiger partial charge in [-0.1, -0.05) is 0 Å². The van der Waals surface area contributed by atoms with Crippen LogP contribution < -0.4 is 10.6 Å². The lowest BCUT2D eigenvalue weighted by molar-refractivity contribution is -0.00516. The zero-order chi connectivity index (χ0) is 13.6. The van der Waals surface area contributed by atoms with Crippen LogP contribution in [0.3, 0.4) is 0 Å². The van der Waals surface area contributed by atoms with Crippen LogP contribution in [0.5, 0.6) is 0 Å². The minimum atomic E-state index is 0.232. The maximum Gasteiger partial charge on any atom is 0.0907 e. The lowest BCUT2D eigenvalue weighted by atomic mass is 10.1. The monoisotopic (exact) mass is 277 g/mol. The number of nitrogens with two attached hydrogens (primary N) is 1. The maximum atomic E-state index is 6.21. The molecule has 2 N–H and O–H groups in total. The summed E-state index contributed by atoms with van der Waals surface area (Å²) >= 11 is 1.69. The van der Waals surface area contributed by atoms with E-state index in [1.165, 1.54) is 0 Å². The predicted octanol–water partition coefficient (Wildman–Crippen LogP) is 2.80. The predicted molar refractivity (Wildman–Crippen MR) is 81.0 cm³/mol. The number of thiazole rings is 1. The number of aromatic nitrogens is 1. The van der Waals surface area contributed by atoms with Gasteiger partial charge in [-0.15, -0.1) is 11.3 Å². The minimum absolute atomic E-state index is 0.232. The molecule has 1 saturated heterocycles. The third kappa shape index (κ3) is 2.40. The van der Waals surface area contributed by atoms with E-state index in [-0.39, 0.29) is 12.2 Å². The normalized spacial score (nSPS) is 24.1. The van der Waals surface area contributed by atoms with E-state index in [0.717, 1.165) is 39.7 Å². The molecule has 0 spiro atoms. The van der Waals surface area contributed by atoms with Crippen molar-refractivity contribution in [2.45, 2.75) is 33.0 Å². The second kappa shape index (κ2) is 4.65. The van der Waals surface area contributed by atoms with Crippen molar-refractivity contribution in [2.24, 2.45) is 0 Å². The fourth-order valence-corrected chi connectivity index (χ4v) is 3.60. The quantitative estimate of drug-likeness (QED) is 0.814. The van der Waals surface area contributed by atoms with Crippen LogP contribution in [0.25, 0.3) is 10.2 Å². The van der Waals surface area contributed by atoms with Crippen LogP contribution in [0.1, 0.15) is 18.9 Å². The number of hydrogen-bond acceptors (Lipinski definition) is 5. The van der Waals surface area contributed by atoms with E-state index in [0.29, 0.717) is 0 Å². The molecule has 5 heteroatoms. The molecule has 0 saturated carbocycles. The van der Waals surface area contributed by atoms with E-state index in [1.54, 1.807) is 11.3 Å². The Morgan fingerprint density at radius 2 is 2.00 bits per heavy atom. The molecule has 2 unspecified atom stereocenters. The zero-order valence-corrected chi connectivity index (χ0v) is 12.3. The molecule has 1 fully saturated rings. The molecule has 4 nitrogen and oxygen atoms in total. The summed E-state index contributed by atoms with van der Waals surface area (Å²) < 4.78 is 6.93. The van der Waals surface area contributed by atoms with Gasteiger partial charge in [-0.2, -0.15) is 0 Å². The Kier molecular flexibility index (Phi) is 3.11. The fraction of sp³-hybridized carbons (Fsp3) is 0.500. The average Bonchev–Trinajstić information content (AvgIpc) is 2.65. The molecule has 0 bridgehead atoms. The molecular formula is C14H19N3OS. The number of morpholine rings is 1. The molecule has 19 heavy (non-hydrogen) atoms. The highest BCUT2D eigenvalue weighted by Gasteiger charge is 2.24. The van der Waals surface area contributed by atoms with Gasteiger partial charge in [0.05, 0.1) is 38.8 Å². The third-order valence-corrected chi connectivity index (χ3v) is 4.34. The van der Waals surface area contributed by atoms with Gasteiger partial charge in [0, 0.05) is 13.1 Å². The Morgan fingerprint density at radius 3 is 2.68 bits per heavy atom. The first-order valence-corrected chi connectivity index (χ1v) is 7.41. The van der Waals surface area contributed by atoms with Crippen molar-refractivity contribution in [1.29, 1.82) is 0 Å². The SMILES string of the molecule is Cc1nc2cc(N3CC(C)OC(C)C3)c(N)cc2s1. The van der Waals surface area contributed by atoms with Crippen LogP contribution in [0.4, 0.5) is 11.4 Å². The number of anilines is 2. The van der Waals surface area contributed by atoms with Crippen LogP contribution in [-0.2, 0) is 4.74 Å². The number of fused-ring (bicyclic) bond motifs is 1. The molecule has 0 aliphatic carbocycles. The molecule has 0 radical (unpaired) electrons. The van der Waals surface area contributed by atoms with Gasteiger partial charge in [-0.3, -0.25) is 0 Å². The first kappa shape index (κ1) is 12.7. The third-order valence-electron chi connectivity index (χ3n) is 3.40. The van der Waals surface area contributed by atoms with Gasteiger partial charge in [0.2, 0.25) is 0 Å². The van der Waals surface area contributed by atoms with Crippen LogP contribution >= 0.6 is 11.3 Å². The second-order valence-electron chi connectivity index (χ2n) is 5.27. The van der Waals surface area contributed by atoms with Crippen LogP contribution in [0.2, 0.25) is 0 Å². The number of nitrogen functional groups attached to an aromatic ring is 1. The molecule has 1 aliphatic rings. The van der Waals surface area contributed by atoms with Gasteiger partial charge in [-0.25, -0.2) is 4.98 Å². The van der Waals surface area contributed by atoms with Crippen LogP contribution in [0, 0.1) is 6.92 Å². The fourth-order valence-electron chi connectivity index (χ4n) is 2.74. The van der Waals surface area contributed by atoms with Crippen molar-refractivity contribution in [2.75, 3.05) is 23.7 Å². The first-order chi connectivity index (χ1) is 9.02. The second-order valence-corrected chi connectivity index (χ2v) is 6.51. The van der Waals surface area contributed by atoms with E-state index >= 15 is 0 Å². The highest BCUT2D eigenvalue weighted by atomic mass is 32.1. The van der Waals surface area contributed by atoms with E-state index in [4.69, 9.17) is 10.5 Å². The lowest BCUT2D eigenvalue weighted by Crippen LogP contribution is -2.45. The molecule has 1 aliphatic heterocycles. The molecule has 2 atom stereocenters. The van der Waals surface area contributed by atoms with Crippen molar-refractivity contribution >= 4 is 32.9 Å². The molecule has 0 amide bonds. The van der Waals surface area contributed by atoms with E-state index in [9.17, 15) is 0 Å². The van der Waals surface area contributed by atoms with Crippen molar-refractivity contribution in [3.05, 3.63) is 17.1 Å². The van der Waals surface area contributed by atoms with Gasteiger partial charge in [0.1, 0.15) is 0 Å². The average molecular weight is 277 g/mol. The number of ether oxygens (including phenoxy) is 1. The molecule has 1 aromatic heterocycles. The van der Waals surface area contributed by atoms with E-state index in [1.807, 2.05) is 13.0 Å². The van der Waals surface area contributed by atoms with Gasteiger partial charge >= 0.3 is 0 Å². The van der Waals surface area contributed by atoms with Crippen LogP contribution in [-0.4, -0.2) is 30.3 Å². The Hall–Kier alpha value is -1.33. The molecule has 1 aromatic carbocycles. The Morgan fingerprint density at radius 1 is 1.32 bits per heavy atom. The van der Waals surface area contributed by atoms with E-state index < -0.39 is 0 Å². The smallest absolute Gasteiger partial charge is 0.0907 e. The van der Waals surface area contributed by atoms with E-state index in [2.05, 4.69) is 29.8 Å². The van der Waals surface area contributed by atoms with Gasteiger partial charge in [-0.05, 0) is 32.9 Å². The Bertz CT molecular complexity index is 600. The van der Waals surface area contributed by atoms with Gasteiger partial charge < -0.3 is 15.4 Å². The summed E-state index contributed by atoms with van der Waals surface area (Å²) in [6.07, 6.45) is 0.465. The number of benzene rings is 1. The summed E-state index contributed by atoms with van der Waals surface area (Å²) in [5.41, 5.74) is 9.17. The summed E-state index contributed by atoms with van der Waals surface area (Å²) in [7, 11) is 0. The number of hydrogen-bond donors (Lipinski definition) is 1. The van der Waals surface area contributed by atoms with Crippen LogP contribution in [0.15, 0.2) is 12.1 Å². The van der Waals surface area contributed by atoms with Crippen molar-refractivity contribution < 1.29 is 4.74 Å². The molecule has 102 valence electrons. The molecule has 3 rings (SSSR count).